The molecule has 0 saturated carbocycles. The maximum absolute atomic E-state index is 10.5. The van der Waals surface area contributed by atoms with Crippen LogP contribution in [-0.2, 0) is 11.2 Å². The van der Waals surface area contributed by atoms with E-state index in [0.29, 0.717) is 18.6 Å². The van der Waals surface area contributed by atoms with Gasteiger partial charge in [-0.05, 0) is 0 Å². The first-order valence-corrected chi connectivity index (χ1v) is 3.82. The highest BCUT2D eigenvalue weighted by molar-refractivity contribution is 5.37. The number of aromatic nitrogens is 1. The third-order valence-corrected chi connectivity index (χ3v) is 1.65. The molecule has 0 unspecified atom stereocenters. The van der Waals surface area contributed by atoms with Crippen LogP contribution in [0.25, 0.3) is 0 Å². The summed E-state index contributed by atoms with van der Waals surface area (Å²) in [6, 6.07) is 1.39. The first-order chi connectivity index (χ1) is 6.25. The van der Waals surface area contributed by atoms with Crippen molar-refractivity contribution in [1.82, 2.24) is 4.98 Å². The molecule has 0 fully saturated rings. The van der Waals surface area contributed by atoms with Crippen LogP contribution < -0.4 is 0 Å². The van der Waals surface area contributed by atoms with Crippen molar-refractivity contribution in [3.63, 3.8) is 0 Å². The fourth-order valence-corrected chi connectivity index (χ4v) is 1.00. The second kappa shape index (κ2) is 4.51. The van der Waals surface area contributed by atoms with Gasteiger partial charge in [-0.3, -0.25) is 15.1 Å². The molecular weight excluding hydrogens is 172 g/mol. The Morgan fingerprint density at radius 3 is 3.08 bits per heavy atom. The molecule has 0 amide bonds. The smallest absolute Gasteiger partial charge is 0.275 e. The third-order valence-electron chi connectivity index (χ3n) is 1.65. The highest BCUT2D eigenvalue weighted by Gasteiger charge is 2.11. The van der Waals surface area contributed by atoms with E-state index in [4.69, 9.17) is 4.74 Å². The summed E-state index contributed by atoms with van der Waals surface area (Å²) in [5.74, 6) is 0. The van der Waals surface area contributed by atoms with Gasteiger partial charge in [-0.15, -0.1) is 0 Å². The zero-order valence-corrected chi connectivity index (χ0v) is 7.27. The molecule has 0 radical (unpaired) electrons. The number of rotatable bonds is 4. The van der Waals surface area contributed by atoms with Crippen molar-refractivity contribution in [2.24, 2.45) is 0 Å². The van der Waals surface area contributed by atoms with E-state index in [9.17, 15) is 10.1 Å². The average Bonchev–Trinajstić information content (AvgIpc) is 2.15. The van der Waals surface area contributed by atoms with Crippen molar-refractivity contribution in [2.75, 3.05) is 13.7 Å². The Bertz CT molecular complexity index is 301. The van der Waals surface area contributed by atoms with Gasteiger partial charge in [-0.1, -0.05) is 0 Å². The quantitative estimate of drug-likeness (QED) is 0.518. The summed E-state index contributed by atoms with van der Waals surface area (Å²) in [5.41, 5.74) is 0.710. The lowest BCUT2D eigenvalue weighted by molar-refractivity contribution is -0.385. The summed E-state index contributed by atoms with van der Waals surface area (Å²) in [4.78, 5) is 13.9. The zero-order chi connectivity index (χ0) is 9.68. The van der Waals surface area contributed by atoms with E-state index in [1.807, 2.05) is 0 Å². The van der Waals surface area contributed by atoms with Gasteiger partial charge in [0.15, 0.2) is 0 Å². The van der Waals surface area contributed by atoms with Crippen molar-refractivity contribution in [3.8, 4) is 0 Å². The second-order valence-corrected chi connectivity index (χ2v) is 2.50. The minimum atomic E-state index is -0.410. The molecule has 0 N–H and O–H groups in total. The third kappa shape index (κ3) is 2.48. The van der Waals surface area contributed by atoms with Crippen LogP contribution in [0.2, 0.25) is 0 Å². The van der Waals surface area contributed by atoms with Gasteiger partial charge in [-0.25, -0.2) is 0 Å². The van der Waals surface area contributed by atoms with E-state index < -0.39 is 4.92 Å². The van der Waals surface area contributed by atoms with Gasteiger partial charge in [0, 0.05) is 32.0 Å². The number of hydrogen-bond acceptors (Lipinski definition) is 4. The summed E-state index contributed by atoms with van der Waals surface area (Å²) in [5, 5.41) is 10.5. The van der Waals surface area contributed by atoms with Crippen LogP contribution in [0.3, 0.4) is 0 Å². The van der Waals surface area contributed by atoms with Gasteiger partial charge in [-0.2, -0.15) is 0 Å². The number of pyridine rings is 1. The van der Waals surface area contributed by atoms with E-state index in [2.05, 4.69) is 4.98 Å². The monoisotopic (exact) mass is 182 g/mol. The maximum atomic E-state index is 10.5. The number of methoxy groups -OCH3 is 1. The van der Waals surface area contributed by atoms with Crippen LogP contribution >= 0.6 is 0 Å². The first-order valence-electron chi connectivity index (χ1n) is 3.82. The molecular formula is C8H10N2O3. The summed E-state index contributed by atoms with van der Waals surface area (Å²) in [7, 11) is 1.56. The molecule has 1 aromatic rings. The molecule has 1 rings (SSSR count). The minimum absolute atomic E-state index is 0.104. The highest BCUT2D eigenvalue weighted by atomic mass is 16.6. The number of hydrogen-bond donors (Lipinski definition) is 0. The molecule has 0 spiro atoms. The van der Waals surface area contributed by atoms with Crippen LogP contribution in [0.15, 0.2) is 18.5 Å². The molecule has 0 bridgehead atoms. The topological polar surface area (TPSA) is 65.3 Å². The predicted molar refractivity (Wildman–Crippen MR) is 46.5 cm³/mol. The van der Waals surface area contributed by atoms with Crippen molar-refractivity contribution < 1.29 is 9.66 Å². The molecule has 1 aromatic heterocycles. The van der Waals surface area contributed by atoms with Crippen molar-refractivity contribution in [3.05, 3.63) is 34.1 Å². The standard InChI is InChI=1S/C8H10N2O3/c1-13-5-3-7-6-9-4-2-8(7)10(11)12/h2,4,6H,3,5H2,1H3. The molecule has 13 heavy (non-hydrogen) atoms. The number of ether oxygens (including phenoxy) is 1. The summed E-state index contributed by atoms with van der Waals surface area (Å²) < 4.78 is 4.83. The van der Waals surface area contributed by atoms with E-state index >= 15 is 0 Å². The van der Waals surface area contributed by atoms with E-state index in [1.54, 1.807) is 7.11 Å². The predicted octanol–water partition coefficient (Wildman–Crippen LogP) is 1.18. The largest absolute Gasteiger partial charge is 0.384 e. The molecule has 5 heteroatoms. The second-order valence-electron chi connectivity index (χ2n) is 2.50. The number of nitro groups is 1. The van der Waals surface area contributed by atoms with Gasteiger partial charge in [0.2, 0.25) is 0 Å². The Morgan fingerprint density at radius 1 is 1.69 bits per heavy atom. The van der Waals surface area contributed by atoms with Gasteiger partial charge in [0.05, 0.1) is 17.1 Å². The van der Waals surface area contributed by atoms with Crippen LogP contribution in [0.4, 0.5) is 5.69 Å². The Labute approximate surface area is 75.5 Å². The van der Waals surface area contributed by atoms with Gasteiger partial charge in [0.25, 0.3) is 5.69 Å². The molecule has 70 valence electrons. The summed E-state index contributed by atoms with van der Waals surface area (Å²) >= 11 is 0. The van der Waals surface area contributed by atoms with Crippen molar-refractivity contribution >= 4 is 5.69 Å². The number of nitrogens with zero attached hydrogens (tertiary/aromatic N) is 2. The first kappa shape index (κ1) is 9.60. The van der Waals surface area contributed by atoms with Gasteiger partial charge < -0.3 is 4.74 Å². The lowest BCUT2D eigenvalue weighted by Gasteiger charge is -2.00. The molecule has 5 nitrogen and oxygen atoms in total. The van der Waals surface area contributed by atoms with Crippen LogP contribution in [0.5, 0.6) is 0 Å². The van der Waals surface area contributed by atoms with Crippen molar-refractivity contribution in [1.29, 1.82) is 0 Å². The Balaban J connectivity index is 2.84. The van der Waals surface area contributed by atoms with Crippen LogP contribution in [0, 0.1) is 10.1 Å². The lowest BCUT2D eigenvalue weighted by Crippen LogP contribution is -2.00. The molecule has 0 atom stereocenters. The van der Waals surface area contributed by atoms with Gasteiger partial charge in [0.1, 0.15) is 0 Å². The van der Waals surface area contributed by atoms with Gasteiger partial charge >= 0.3 is 0 Å². The van der Waals surface area contributed by atoms with Crippen LogP contribution in [0.1, 0.15) is 5.56 Å². The molecule has 0 saturated heterocycles. The molecule has 0 aliphatic heterocycles. The summed E-state index contributed by atoms with van der Waals surface area (Å²) in [6.45, 7) is 0.465. The molecule has 0 aromatic carbocycles. The average molecular weight is 182 g/mol. The minimum Gasteiger partial charge on any atom is -0.384 e. The zero-order valence-electron chi connectivity index (χ0n) is 7.27. The Kier molecular flexibility index (Phi) is 3.33. The normalized spacial score (nSPS) is 9.92. The molecule has 0 aliphatic carbocycles. The Hall–Kier alpha value is -1.49. The van der Waals surface area contributed by atoms with E-state index in [-0.39, 0.29) is 5.69 Å². The van der Waals surface area contributed by atoms with Crippen molar-refractivity contribution in [2.45, 2.75) is 6.42 Å². The molecule has 0 aliphatic rings. The fraction of sp³-hybridized carbons (Fsp3) is 0.375. The van der Waals surface area contributed by atoms with Crippen LogP contribution in [-0.4, -0.2) is 23.6 Å². The fourth-order valence-electron chi connectivity index (χ4n) is 1.00. The highest BCUT2D eigenvalue weighted by Crippen LogP contribution is 2.16. The van der Waals surface area contributed by atoms with E-state index in [0.717, 1.165) is 0 Å². The lowest BCUT2D eigenvalue weighted by atomic mass is 10.2. The summed E-state index contributed by atoms with van der Waals surface area (Å²) in [6.07, 6.45) is 3.42. The molecule has 1 heterocycles. The SMILES string of the molecule is COCCc1cnccc1[N+](=O)[O-]. The Morgan fingerprint density at radius 2 is 2.46 bits per heavy atom. The maximum Gasteiger partial charge on any atom is 0.275 e. The van der Waals surface area contributed by atoms with E-state index in [1.165, 1.54) is 18.5 Å².